The fourth-order valence-electron chi connectivity index (χ4n) is 1.31. The summed E-state index contributed by atoms with van der Waals surface area (Å²) in [5.41, 5.74) is 0.00814. The van der Waals surface area contributed by atoms with Gasteiger partial charge in [0.05, 0.1) is 5.02 Å². The highest BCUT2D eigenvalue weighted by atomic mass is 35.5. The molecule has 19 heavy (non-hydrogen) atoms. The number of hydrogen-bond acceptors (Lipinski definition) is 4. The second-order valence-corrected chi connectivity index (χ2v) is 3.97. The molecule has 0 aliphatic rings. The zero-order chi connectivity index (χ0) is 13.8. The van der Waals surface area contributed by atoms with Gasteiger partial charge >= 0.3 is 5.97 Å². The number of carbonyl (C=O) groups excluding carboxylic acids is 1. The van der Waals surface area contributed by atoms with E-state index in [1.165, 1.54) is 36.5 Å². The molecule has 0 saturated carbocycles. The van der Waals surface area contributed by atoms with Gasteiger partial charge in [-0.05, 0) is 24.3 Å². The van der Waals surface area contributed by atoms with E-state index in [-0.39, 0.29) is 17.2 Å². The number of aromatic nitrogens is 2. The van der Waals surface area contributed by atoms with Crippen LogP contribution in [0.2, 0.25) is 5.02 Å². The molecule has 2 rings (SSSR count). The Hall–Kier alpha value is -2.47. The van der Waals surface area contributed by atoms with E-state index in [4.69, 9.17) is 16.7 Å². The van der Waals surface area contributed by atoms with Crippen LogP contribution >= 0.6 is 11.6 Å². The van der Waals surface area contributed by atoms with Gasteiger partial charge in [0.15, 0.2) is 5.69 Å². The first-order chi connectivity index (χ1) is 9.06. The van der Waals surface area contributed by atoms with Crippen LogP contribution in [0.15, 0.2) is 36.5 Å². The molecule has 0 atom stereocenters. The van der Waals surface area contributed by atoms with E-state index in [2.05, 4.69) is 15.3 Å². The lowest BCUT2D eigenvalue weighted by molar-refractivity contribution is 0.0690. The van der Waals surface area contributed by atoms with Crippen molar-refractivity contribution in [1.82, 2.24) is 9.97 Å². The summed E-state index contributed by atoms with van der Waals surface area (Å²) < 4.78 is 0. The number of amides is 1. The molecule has 0 aromatic carbocycles. The van der Waals surface area contributed by atoms with Gasteiger partial charge in [-0.3, -0.25) is 4.79 Å². The van der Waals surface area contributed by atoms with Crippen molar-refractivity contribution < 1.29 is 14.7 Å². The SMILES string of the molecule is O=C(O)c1cccc(NC(=O)c2ccc(Cl)cn2)n1. The van der Waals surface area contributed by atoms with Crippen molar-refractivity contribution in [3.8, 4) is 0 Å². The maximum absolute atomic E-state index is 11.8. The summed E-state index contributed by atoms with van der Waals surface area (Å²) in [5.74, 6) is -1.52. The van der Waals surface area contributed by atoms with Gasteiger partial charge in [-0.25, -0.2) is 14.8 Å². The van der Waals surface area contributed by atoms with Crippen LogP contribution in [0.25, 0.3) is 0 Å². The average Bonchev–Trinajstić information content (AvgIpc) is 2.39. The summed E-state index contributed by atoms with van der Waals surface area (Å²) in [5, 5.41) is 11.7. The number of pyridine rings is 2. The minimum Gasteiger partial charge on any atom is -0.477 e. The van der Waals surface area contributed by atoms with Gasteiger partial charge < -0.3 is 10.4 Å². The summed E-state index contributed by atoms with van der Waals surface area (Å²) >= 11 is 5.66. The van der Waals surface area contributed by atoms with Crippen molar-refractivity contribution in [2.24, 2.45) is 0 Å². The highest BCUT2D eigenvalue weighted by molar-refractivity contribution is 6.30. The van der Waals surface area contributed by atoms with Crippen LogP contribution in [0.5, 0.6) is 0 Å². The molecule has 0 unspecified atom stereocenters. The van der Waals surface area contributed by atoms with Crippen molar-refractivity contribution >= 4 is 29.3 Å². The molecule has 0 radical (unpaired) electrons. The average molecular weight is 278 g/mol. The minimum absolute atomic E-state index is 0.140. The van der Waals surface area contributed by atoms with Crippen LogP contribution in [-0.4, -0.2) is 27.0 Å². The van der Waals surface area contributed by atoms with Gasteiger partial charge in [0.2, 0.25) is 0 Å². The Bertz CT molecular complexity index is 628. The first kappa shape index (κ1) is 13.0. The van der Waals surface area contributed by atoms with E-state index >= 15 is 0 Å². The molecule has 0 bridgehead atoms. The third-order valence-corrected chi connectivity index (χ3v) is 2.39. The Kier molecular flexibility index (Phi) is 3.72. The zero-order valence-electron chi connectivity index (χ0n) is 9.50. The molecule has 0 spiro atoms. The fourth-order valence-corrected chi connectivity index (χ4v) is 1.43. The Balaban J connectivity index is 2.17. The molecular formula is C12H8ClN3O3. The lowest BCUT2D eigenvalue weighted by Gasteiger charge is -2.04. The summed E-state index contributed by atoms with van der Waals surface area (Å²) in [6, 6.07) is 7.30. The second-order valence-electron chi connectivity index (χ2n) is 3.53. The molecule has 0 saturated heterocycles. The molecule has 2 aromatic heterocycles. The molecule has 0 aliphatic carbocycles. The van der Waals surface area contributed by atoms with Crippen molar-refractivity contribution in [3.63, 3.8) is 0 Å². The Morgan fingerprint density at radius 3 is 2.58 bits per heavy atom. The fraction of sp³-hybridized carbons (Fsp3) is 0. The smallest absolute Gasteiger partial charge is 0.354 e. The van der Waals surface area contributed by atoms with Crippen molar-refractivity contribution in [2.75, 3.05) is 5.32 Å². The Morgan fingerprint density at radius 2 is 1.95 bits per heavy atom. The molecule has 7 heteroatoms. The largest absolute Gasteiger partial charge is 0.477 e. The number of carboxylic acids is 1. The number of carboxylic acid groups (broad SMARTS) is 1. The Morgan fingerprint density at radius 1 is 1.16 bits per heavy atom. The van der Waals surface area contributed by atoms with E-state index < -0.39 is 11.9 Å². The standard InChI is InChI=1S/C12H8ClN3O3/c13-7-4-5-8(14-6-7)11(17)16-10-3-1-2-9(15-10)12(18)19/h1-6H,(H,18,19)(H,15,16,17). The Labute approximate surface area is 113 Å². The van der Waals surface area contributed by atoms with E-state index in [1.807, 2.05) is 0 Å². The summed E-state index contributed by atoms with van der Waals surface area (Å²) in [6.07, 6.45) is 1.34. The number of hydrogen-bond donors (Lipinski definition) is 2. The summed E-state index contributed by atoms with van der Waals surface area (Å²) in [7, 11) is 0. The van der Waals surface area contributed by atoms with Crippen LogP contribution in [0.3, 0.4) is 0 Å². The van der Waals surface area contributed by atoms with E-state index in [9.17, 15) is 9.59 Å². The molecule has 96 valence electrons. The van der Waals surface area contributed by atoms with Gasteiger partial charge in [-0.1, -0.05) is 17.7 Å². The number of aromatic carboxylic acids is 1. The topological polar surface area (TPSA) is 92.2 Å². The van der Waals surface area contributed by atoms with Crippen LogP contribution in [0.1, 0.15) is 21.0 Å². The highest BCUT2D eigenvalue weighted by Crippen LogP contribution is 2.09. The number of nitrogens with one attached hydrogen (secondary N) is 1. The van der Waals surface area contributed by atoms with Crippen LogP contribution in [0, 0.1) is 0 Å². The van der Waals surface area contributed by atoms with Gasteiger partial charge in [-0.2, -0.15) is 0 Å². The van der Waals surface area contributed by atoms with Crippen molar-refractivity contribution in [3.05, 3.63) is 52.9 Å². The molecule has 1 amide bonds. The summed E-state index contributed by atoms with van der Waals surface area (Å²) in [4.78, 5) is 30.2. The van der Waals surface area contributed by atoms with Crippen LogP contribution in [-0.2, 0) is 0 Å². The number of nitrogens with zero attached hydrogens (tertiary/aromatic N) is 2. The van der Waals surface area contributed by atoms with Crippen LogP contribution in [0.4, 0.5) is 5.82 Å². The lowest BCUT2D eigenvalue weighted by Crippen LogP contribution is -2.15. The first-order valence-electron chi connectivity index (χ1n) is 5.19. The monoisotopic (exact) mass is 277 g/mol. The third kappa shape index (κ3) is 3.26. The predicted octanol–water partition coefficient (Wildman–Crippen LogP) is 2.08. The van der Waals surface area contributed by atoms with Crippen LogP contribution < -0.4 is 5.32 Å². The molecule has 0 aliphatic heterocycles. The van der Waals surface area contributed by atoms with E-state index in [0.717, 1.165) is 0 Å². The lowest BCUT2D eigenvalue weighted by atomic mass is 10.3. The van der Waals surface area contributed by atoms with E-state index in [0.29, 0.717) is 5.02 Å². The number of halogens is 1. The van der Waals surface area contributed by atoms with E-state index in [1.54, 1.807) is 0 Å². The number of carbonyl (C=O) groups is 2. The maximum atomic E-state index is 11.8. The van der Waals surface area contributed by atoms with Gasteiger partial charge in [0.1, 0.15) is 11.5 Å². The number of rotatable bonds is 3. The molecule has 2 N–H and O–H groups in total. The molecule has 2 heterocycles. The van der Waals surface area contributed by atoms with Crippen molar-refractivity contribution in [2.45, 2.75) is 0 Å². The highest BCUT2D eigenvalue weighted by Gasteiger charge is 2.10. The third-order valence-electron chi connectivity index (χ3n) is 2.17. The summed E-state index contributed by atoms with van der Waals surface area (Å²) in [6.45, 7) is 0. The van der Waals surface area contributed by atoms with Gasteiger partial charge in [0.25, 0.3) is 5.91 Å². The predicted molar refractivity (Wildman–Crippen MR) is 68.4 cm³/mol. The molecular weight excluding hydrogens is 270 g/mol. The first-order valence-corrected chi connectivity index (χ1v) is 5.57. The number of anilines is 1. The second kappa shape index (κ2) is 5.45. The normalized spacial score (nSPS) is 9.95. The zero-order valence-corrected chi connectivity index (χ0v) is 10.3. The maximum Gasteiger partial charge on any atom is 0.354 e. The van der Waals surface area contributed by atoms with Crippen molar-refractivity contribution in [1.29, 1.82) is 0 Å². The molecule has 2 aromatic rings. The molecule has 6 nitrogen and oxygen atoms in total. The molecule has 0 fully saturated rings. The van der Waals surface area contributed by atoms with Gasteiger partial charge in [-0.15, -0.1) is 0 Å². The minimum atomic E-state index is -1.17. The quantitative estimate of drug-likeness (QED) is 0.896. The van der Waals surface area contributed by atoms with Gasteiger partial charge in [0, 0.05) is 6.20 Å².